The van der Waals surface area contributed by atoms with Crippen LogP contribution in [0.4, 0.5) is 13.2 Å². The molecule has 0 aliphatic rings. The Morgan fingerprint density at radius 3 is 1.85 bits per heavy atom. The summed E-state index contributed by atoms with van der Waals surface area (Å²) in [5.41, 5.74) is 2.48. The maximum atomic E-state index is 13.4. The van der Waals surface area contributed by atoms with E-state index in [0.717, 1.165) is 16.6 Å². The Balaban J connectivity index is 0.000000587. The van der Waals surface area contributed by atoms with Gasteiger partial charge in [-0.2, -0.15) is 13.2 Å². The molecule has 0 saturated carbocycles. The van der Waals surface area contributed by atoms with Gasteiger partial charge in [-0.15, -0.1) is 0 Å². The van der Waals surface area contributed by atoms with Crippen LogP contribution in [0.3, 0.4) is 0 Å². The van der Waals surface area contributed by atoms with Gasteiger partial charge in [0.15, 0.2) is 5.78 Å². The standard InChI is InChI=1S/C27H27N3O4.C2HF3O2/c1-27(2,3)20-14-18(13-19(24(20)32)25(33)34)23(31)16-30-22-12-8-7-11-21(22)29(26(30)28)15-17-9-5-4-6-10-17;3-2(4,5)1(6)7/h4-14,28,32H,15-16H2,1-3H3,(H,33,34);(H,6,7). The number of hydrogen-bond donors (Lipinski definition) is 4. The van der Waals surface area contributed by atoms with Crippen LogP contribution in [-0.4, -0.2) is 48.4 Å². The summed E-state index contributed by atoms with van der Waals surface area (Å²) in [4.78, 5) is 34.0. The number of Topliss-reactive ketones (excluding diaryl/α,β-unsaturated/α-hetero) is 1. The summed E-state index contributed by atoms with van der Waals surface area (Å²) in [6, 6.07) is 20.1. The van der Waals surface area contributed by atoms with Crippen molar-refractivity contribution in [3.63, 3.8) is 0 Å². The molecule has 0 unspecified atom stereocenters. The number of carboxylic acid groups (broad SMARTS) is 2. The zero-order chi connectivity index (χ0) is 30.7. The van der Waals surface area contributed by atoms with Crippen LogP contribution < -0.4 is 5.62 Å². The summed E-state index contributed by atoms with van der Waals surface area (Å²) in [5.74, 6) is -4.72. The molecule has 0 atom stereocenters. The van der Waals surface area contributed by atoms with Crippen molar-refractivity contribution >= 4 is 28.8 Å². The van der Waals surface area contributed by atoms with Gasteiger partial charge in [0.25, 0.3) is 0 Å². The molecule has 0 saturated heterocycles. The normalized spacial score (nSPS) is 11.6. The van der Waals surface area contributed by atoms with Crippen LogP contribution in [0.2, 0.25) is 0 Å². The van der Waals surface area contributed by atoms with Crippen LogP contribution in [0.15, 0.2) is 66.7 Å². The number of hydrogen-bond acceptors (Lipinski definition) is 5. The Bertz CT molecular complexity index is 1670. The highest BCUT2D eigenvalue weighted by Crippen LogP contribution is 2.35. The summed E-state index contributed by atoms with van der Waals surface area (Å²) >= 11 is 0. The molecule has 0 spiro atoms. The Labute approximate surface area is 232 Å². The Hall–Kier alpha value is -4.87. The van der Waals surface area contributed by atoms with Crippen LogP contribution in [0.5, 0.6) is 5.75 Å². The lowest BCUT2D eigenvalue weighted by Gasteiger charge is -2.22. The summed E-state index contributed by atoms with van der Waals surface area (Å²) in [5, 5.41) is 36.0. The van der Waals surface area contributed by atoms with E-state index >= 15 is 0 Å². The Morgan fingerprint density at radius 1 is 0.854 bits per heavy atom. The van der Waals surface area contributed by atoms with Crippen LogP contribution in [0, 0.1) is 5.41 Å². The second-order valence-corrected chi connectivity index (χ2v) is 10.2. The van der Waals surface area contributed by atoms with E-state index in [4.69, 9.17) is 15.3 Å². The monoisotopic (exact) mass is 571 g/mol. The molecule has 0 radical (unpaired) electrons. The number of benzene rings is 3. The number of alkyl halides is 3. The quantitative estimate of drug-likeness (QED) is 0.235. The highest BCUT2D eigenvalue weighted by atomic mass is 19.4. The molecular weight excluding hydrogens is 543 g/mol. The van der Waals surface area contributed by atoms with Crippen molar-refractivity contribution in [2.75, 3.05) is 0 Å². The molecule has 4 N–H and O–H groups in total. The molecule has 12 heteroatoms. The Morgan fingerprint density at radius 2 is 1.37 bits per heavy atom. The summed E-state index contributed by atoms with van der Waals surface area (Å²) in [6.45, 7) is 5.88. The molecule has 0 aliphatic heterocycles. The number of ketones is 1. The molecule has 0 amide bonds. The number of aliphatic carboxylic acids is 1. The van der Waals surface area contributed by atoms with E-state index in [-0.39, 0.29) is 34.8 Å². The SMILES string of the molecule is CC(C)(C)c1cc(C(=O)Cn2c(=N)n(Cc3ccccc3)c3ccccc32)cc(C(=O)O)c1O.O=C(O)C(F)(F)F. The van der Waals surface area contributed by atoms with Gasteiger partial charge in [-0.25, -0.2) is 9.59 Å². The Kier molecular flexibility index (Phi) is 8.75. The maximum absolute atomic E-state index is 13.4. The van der Waals surface area contributed by atoms with E-state index in [9.17, 15) is 33.0 Å². The number of fused-ring (bicyclic) bond motifs is 1. The highest BCUT2D eigenvalue weighted by molar-refractivity contribution is 6.01. The van der Waals surface area contributed by atoms with Crippen molar-refractivity contribution < 1.29 is 42.9 Å². The fourth-order valence-electron chi connectivity index (χ4n) is 4.15. The largest absolute Gasteiger partial charge is 0.507 e. The topological polar surface area (TPSA) is 146 Å². The second-order valence-electron chi connectivity index (χ2n) is 10.2. The molecule has 1 aromatic heterocycles. The lowest BCUT2D eigenvalue weighted by molar-refractivity contribution is -0.192. The number of aromatic nitrogens is 2. The van der Waals surface area contributed by atoms with E-state index in [2.05, 4.69) is 0 Å². The molecule has 4 rings (SSSR count). The average molecular weight is 572 g/mol. The lowest BCUT2D eigenvalue weighted by Crippen LogP contribution is -2.28. The minimum atomic E-state index is -5.08. The molecule has 9 nitrogen and oxygen atoms in total. The predicted octanol–water partition coefficient (Wildman–Crippen LogP) is 5.19. The second kappa shape index (κ2) is 11.7. The first kappa shape index (κ1) is 30.7. The molecular formula is C29H28F3N3O6. The van der Waals surface area contributed by atoms with E-state index < -0.39 is 23.5 Å². The highest BCUT2D eigenvalue weighted by Gasteiger charge is 2.38. The number of phenols is 1. The number of carbonyl (C=O) groups is 3. The van der Waals surface area contributed by atoms with Gasteiger partial charge in [-0.1, -0.05) is 63.2 Å². The van der Waals surface area contributed by atoms with E-state index in [0.29, 0.717) is 12.1 Å². The van der Waals surface area contributed by atoms with Crippen LogP contribution in [-0.2, 0) is 23.3 Å². The molecule has 3 aromatic carbocycles. The summed E-state index contributed by atoms with van der Waals surface area (Å²) in [6.07, 6.45) is -5.08. The fraction of sp³-hybridized carbons (Fsp3) is 0.241. The van der Waals surface area contributed by atoms with Gasteiger partial charge in [-0.3, -0.25) is 10.2 Å². The molecule has 1 heterocycles. The van der Waals surface area contributed by atoms with Crippen molar-refractivity contribution in [2.24, 2.45) is 0 Å². The van der Waals surface area contributed by atoms with Gasteiger partial charge in [0.05, 0.1) is 24.1 Å². The first-order valence-corrected chi connectivity index (χ1v) is 12.2. The maximum Gasteiger partial charge on any atom is 0.490 e. The predicted molar refractivity (Wildman–Crippen MR) is 143 cm³/mol. The number of aromatic carboxylic acids is 1. The van der Waals surface area contributed by atoms with Crippen molar-refractivity contribution in [3.05, 3.63) is 94.6 Å². The van der Waals surface area contributed by atoms with Gasteiger partial charge in [0, 0.05) is 11.1 Å². The molecule has 41 heavy (non-hydrogen) atoms. The number of halogens is 3. The third kappa shape index (κ3) is 7.02. The average Bonchev–Trinajstić information content (AvgIpc) is 3.14. The van der Waals surface area contributed by atoms with Crippen molar-refractivity contribution in [1.82, 2.24) is 9.13 Å². The number of para-hydroxylation sites is 2. The van der Waals surface area contributed by atoms with Gasteiger partial charge in [0.2, 0.25) is 5.62 Å². The van der Waals surface area contributed by atoms with Crippen LogP contribution >= 0.6 is 0 Å². The van der Waals surface area contributed by atoms with Crippen molar-refractivity contribution in [3.8, 4) is 5.75 Å². The minimum absolute atomic E-state index is 0.130. The first-order chi connectivity index (χ1) is 19.0. The molecule has 0 fully saturated rings. The number of carbonyl (C=O) groups excluding carboxylic acids is 1. The first-order valence-electron chi connectivity index (χ1n) is 12.2. The third-order valence-electron chi connectivity index (χ3n) is 6.17. The van der Waals surface area contributed by atoms with Crippen molar-refractivity contribution in [1.29, 1.82) is 5.41 Å². The van der Waals surface area contributed by atoms with Gasteiger partial charge >= 0.3 is 18.1 Å². The van der Waals surface area contributed by atoms with Gasteiger partial charge in [0.1, 0.15) is 11.3 Å². The fourth-order valence-corrected chi connectivity index (χ4v) is 4.15. The number of rotatable bonds is 6. The van der Waals surface area contributed by atoms with E-state index in [1.165, 1.54) is 6.07 Å². The molecule has 0 bridgehead atoms. The van der Waals surface area contributed by atoms with Crippen LogP contribution in [0.1, 0.15) is 52.6 Å². The van der Waals surface area contributed by atoms with E-state index in [1.807, 2.05) is 79.9 Å². The van der Waals surface area contributed by atoms with E-state index in [1.54, 1.807) is 10.6 Å². The number of carboxylic acids is 2. The smallest absolute Gasteiger partial charge is 0.490 e. The number of nitrogens with one attached hydrogen (secondary N) is 1. The number of nitrogens with zero attached hydrogens (tertiary/aromatic N) is 2. The zero-order valence-corrected chi connectivity index (χ0v) is 22.4. The summed E-state index contributed by atoms with van der Waals surface area (Å²) in [7, 11) is 0. The van der Waals surface area contributed by atoms with Gasteiger partial charge in [-0.05, 0) is 35.2 Å². The molecule has 216 valence electrons. The number of imidazole rings is 1. The lowest BCUT2D eigenvalue weighted by atomic mass is 9.83. The molecule has 0 aliphatic carbocycles. The summed E-state index contributed by atoms with van der Waals surface area (Å²) < 4.78 is 35.2. The minimum Gasteiger partial charge on any atom is -0.507 e. The number of aromatic hydroxyl groups is 1. The van der Waals surface area contributed by atoms with Gasteiger partial charge < -0.3 is 24.5 Å². The van der Waals surface area contributed by atoms with Crippen LogP contribution in [0.25, 0.3) is 11.0 Å². The molecule has 4 aromatic rings. The van der Waals surface area contributed by atoms with Crippen molar-refractivity contribution in [2.45, 2.75) is 45.5 Å². The zero-order valence-electron chi connectivity index (χ0n) is 22.4. The third-order valence-corrected chi connectivity index (χ3v) is 6.17.